The molecule has 3 aromatic rings. The molecule has 0 radical (unpaired) electrons. The van der Waals surface area contributed by atoms with E-state index in [0.29, 0.717) is 17.4 Å². The van der Waals surface area contributed by atoms with Crippen LogP contribution in [0.2, 0.25) is 5.02 Å². The van der Waals surface area contributed by atoms with Crippen molar-refractivity contribution in [1.29, 1.82) is 0 Å². The van der Waals surface area contributed by atoms with Crippen molar-refractivity contribution in [3.63, 3.8) is 0 Å². The number of fused-ring (bicyclic) bond motifs is 2. The fourth-order valence-electron chi connectivity index (χ4n) is 3.83. The van der Waals surface area contributed by atoms with Gasteiger partial charge in [-0.05, 0) is 65.4 Å². The van der Waals surface area contributed by atoms with Crippen molar-refractivity contribution in [2.45, 2.75) is 19.4 Å². The van der Waals surface area contributed by atoms with Gasteiger partial charge < -0.3 is 9.64 Å². The van der Waals surface area contributed by atoms with Gasteiger partial charge in [-0.3, -0.25) is 4.79 Å². The van der Waals surface area contributed by atoms with E-state index in [1.807, 2.05) is 47.5 Å². The molecule has 30 heavy (non-hydrogen) atoms. The first-order chi connectivity index (χ1) is 14.6. The highest BCUT2D eigenvalue weighted by molar-refractivity contribution is 6.31. The lowest BCUT2D eigenvalue weighted by molar-refractivity contribution is -0.119. The number of nitrogens with zero attached hydrogens (tertiary/aromatic N) is 2. The molecule has 1 aromatic heterocycles. The number of amides is 1. The van der Waals surface area contributed by atoms with Crippen molar-refractivity contribution in [2.75, 3.05) is 12.0 Å². The molecule has 5 heteroatoms. The summed E-state index contributed by atoms with van der Waals surface area (Å²) < 4.78 is 5.16. The molecule has 1 aliphatic heterocycles. The Bertz CT molecular complexity index is 1150. The molecule has 2 heterocycles. The van der Waals surface area contributed by atoms with Crippen LogP contribution in [0.5, 0.6) is 5.88 Å². The number of ether oxygens (including phenoxy) is 1. The zero-order valence-corrected chi connectivity index (χ0v) is 17.4. The maximum atomic E-state index is 13.1. The van der Waals surface area contributed by atoms with Crippen LogP contribution in [0.25, 0.3) is 23.3 Å². The van der Waals surface area contributed by atoms with Crippen molar-refractivity contribution < 1.29 is 9.53 Å². The van der Waals surface area contributed by atoms with Crippen LogP contribution in [0.3, 0.4) is 0 Å². The number of halogens is 1. The molecule has 0 N–H and O–H groups in total. The quantitative estimate of drug-likeness (QED) is 0.538. The van der Waals surface area contributed by atoms with Gasteiger partial charge in [-0.15, -0.1) is 0 Å². The minimum absolute atomic E-state index is 0.144. The van der Waals surface area contributed by atoms with Crippen LogP contribution in [0.15, 0.2) is 54.7 Å². The lowest BCUT2D eigenvalue weighted by Crippen LogP contribution is -2.32. The summed E-state index contributed by atoms with van der Waals surface area (Å²) in [7, 11) is 1.61. The third-order valence-electron chi connectivity index (χ3n) is 5.67. The zero-order chi connectivity index (χ0) is 20.7. The normalized spacial score (nSPS) is 16.1. The molecule has 0 bridgehead atoms. The fourth-order valence-corrected chi connectivity index (χ4v) is 4.01. The van der Waals surface area contributed by atoms with Gasteiger partial charge in [0.05, 0.1) is 19.3 Å². The van der Waals surface area contributed by atoms with E-state index in [2.05, 4.69) is 29.3 Å². The van der Waals surface area contributed by atoms with E-state index in [9.17, 15) is 4.79 Å². The SMILES string of the molecule is COc1ccc(-c2ccc3c(c2)/C=C\c2cc(Cl)ccc2N(C(=O)C2CC2)C3)cn1. The van der Waals surface area contributed by atoms with E-state index in [-0.39, 0.29) is 11.8 Å². The topological polar surface area (TPSA) is 42.4 Å². The molecular formula is C25H21ClN2O2. The molecule has 1 amide bonds. The number of methoxy groups -OCH3 is 1. The molecule has 0 unspecified atom stereocenters. The lowest BCUT2D eigenvalue weighted by atomic mass is 9.96. The van der Waals surface area contributed by atoms with Crippen molar-refractivity contribution in [3.05, 3.63) is 76.4 Å². The number of hydrogen-bond acceptors (Lipinski definition) is 3. The first kappa shape index (κ1) is 18.9. The van der Waals surface area contributed by atoms with Crippen LogP contribution >= 0.6 is 11.6 Å². The third kappa shape index (κ3) is 3.59. The number of carbonyl (C=O) groups excluding carboxylic acids is 1. The number of carbonyl (C=O) groups is 1. The standard InChI is InChI=1S/C25H21ClN2O2/c1-30-24-11-8-20(14-27-24)17-5-7-21-15-28(25(29)16-2-3-16)23-10-9-22(26)13-19(23)6-4-18(21)12-17/h4-14,16H,2-3,15H2,1H3/b6-4-. The monoisotopic (exact) mass is 416 g/mol. The molecule has 0 spiro atoms. The summed E-state index contributed by atoms with van der Waals surface area (Å²) in [5.41, 5.74) is 6.16. The van der Waals surface area contributed by atoms with Gasteiger partial charge in [0, 0.05) is 28.8 Å². The van der Waals surface area contributed by atoms with E-state index >= 15 is 0 Å². The predicted octanol–water partition coefficient (Wildman–Crippen LogP) is 5.84. The van der Waals surface area contributed by atoms with Crippen LogP contribution < -0.4 is 9.64 Å². The Kier molecular flexibility index (Phi) is 4.80. The second-order valence-electron chi connectivity index (χ2n) is 7.74. The van der Waals surface area contributed by atoms with Crippen LogP contribution in [0.1, 0.15) is 29.5 Å². The Morgan fingerprint density at radius 1 is 1.03 bits per heavy atom. The molecule has 0 atom stereocenters. The Balaban J connectivity index is 1.58. The number of benzene rings is 2. The van der Waals surface area contributed by atoms with Crippen LogP contribution in [0, 0.1) is 5.92 Å². The molecule has 0 saturated heterocycles. The van der Waals surface area contributed by atoms with Crippen molar-refractivity contribution in [1.82, 2.24) is 4.98 Å². The summed E-state index contributed by atoms with van der Waals surface area (Å²) in [6.45, 7) is 0.546. The van der Waals surface area contributed by atoms with Crippen molar-refractivity contribution >= 4 is 35.3 Å². The van der Waals surface area contributed by atoms with Gasteiger partial charge in [0.1, 0.15) is 0 Å². The van der Waals surface area contributed by atoms with Gasteiger partial charge in [-0.1, -0.05) is 35.9 Å². The van der Waals surface area contributed by atoms with E-state index in [1.54, 1.807) is 7.11 Å². The molecule has 1 saturated carbocycles. The van der Waals surface area contributed by atoms with E-state index in [1.165, 1.54) is 0 Å². The highest BCUT2D eigenvalue weighted by Gasteiger charge is 2.35. The molecular weight excluding hydrogens is 396 g/mol. The average Bonchev–Trinajstić information content (AvgIpc) is 3.61. The number of hydrogen-bond donors (Lipinski definition) is 0. The molecule has 5 rings (SSSR count). The molecule has 2 aromatic carbocycles. The number of aromatic nitrogens is 1. The smallest absolute Gasteiger partial charge is 0.230 e. The minimum Gasteiger partial charge on any atom is -0.481 e. The summed E-state index contributed by atoms with van der Waals surface area (Å²) in [5, 5.41) is 0.663. The zero-order valence-electron chi connectivity index (χ0n) is 16.6. The number of pyridine rings is 1. The number of anilines is 1. The van der Waals surface area contributed by atoms with Gasteiger partial charge in [0.15, 0.2) is 0 Å². The fraction of sp³-hybridized carbons (Fsp3) is 0.200. The van der Waals surface area contributed by atoms with Gasteiger partial charge in [0.2, 0.25) is 11.8 Å². The second-order valence-corrected chi connectivity index (χ2v) is 8.17. The maximum Gasteiger partial charge on any atom is 0.230 e. The highest BCUT2D eigenvalue weighted by Crippen LogP contribution is 2.37. The first-order valence-electron chi connectivity index (χ1n) is 10.0. The highest BCUT2D eigenvalue weighted by atomic mass is 35.5. The molecule has 4 nitrogen and oxygen atoms in total. The van der Waals surface area contributed by atoms with Crippen LogP contribution in [-0.4, -0.2) is 18.0 Å². The van der Waals surface area contributed by atoms with Crippen molar-refractivity contribution in [2.24, 2.45) is 5.92 Å². The van der Waals surface area contributed by atoms with E-state index in [4.69, 9.17) is 16.3 Å². The van der Waals surface area contributed by atoms with Gasteiger partial charge in [0.25, 0.3) is 0 Å². The summed E-state index contributed by atoms with van der Waals surface area (Å²) in [6.07, 6.45) is 7.91. The lowest BCUT2D eigenvalue weighted by Gasteiger charge is -2.27. The molecule has 1 aliphatic carbocycles. The van der Waals surface area contributed by atoms with Gasteiger partial charge >= 0.3 is 0 Å². The summed E-state index contributed by atoms with van der Waals surface area (Å²) >= 11 is 6.25. The predicted molar refractivity (Wildman–Crippen MR) is 121 cm³/mol. The second kappa shape index (κ2) is 7.62. The third-order valence-corrected chi connectivity index (χ3v) is 5.90. The maximum absolute atomic E-state index is 13.1. The van der Waals surface area contributed by atoms with Crippen LogP contribution in [-0.2, 0) is 11.3 Å². The Morgan fingerprint density at radius 2 is 1.83 bits per heavy atom. The summed E-state index contributed by atoms with van der Waals surface area (Å²) in [4.78, 5) is 19.3. The largest absolute Gasteiger partial charge is 0.481 e. The molecule has 150 valence electrons. The minimum atomic E-state index is 0.144. The summed E-state index contributed by atoms with van der Waals surface area (Å²) in [5.74, 6) is 0.931. The Labute approximate surface area is 180 Å². The first-order valence-corrected chi connectivity index (χ1v) is 10.4. The van der Waals surface area contributed by atoms with E-state index < -0.39 is 0 Å². The van der Waals surface area contributed by atoms with Gasteiger partial charge in [-0.25, -0.2) is 4.98 Å². The Hall–Kier alpha value is -3.11. The summed E-state index contributed by atoms with van der Waals surface area (Å²) in [6, 6.07) is 15.9. The van der Waals surface area contributed by atoms with Gasteiger partial charge in [-0.2, -0.15) is 0 Å². The van der Waals surface area contributed by atoms with Crippen LogP contribution in [0.4, 0.5) is 5.69 Å². The average molecular weight is 417 g/mol. The van der Waals surface area contributed by atoms with Crippen molar-refractivity contribution in [3.8, 4) is 17.0 Å². The Morgan fingerprint density at radius 3 is 2.57 bits per heavy atom. The van der Waals surface area contributed by atoms with E-state index in [0.717, 1.165) is 46.3 Å². The molecule has 2 aliphatic rings. The number of rotatable bonds is 3. The molecule has 1 fully saturated rings.